The van der Waals surface area contributed by atoms with Gasteiger partial charge in [-0.3, -0.25) is 19.7 Å². The van der Waals surface area contributed by atoms with E-state index >= 15 is 0 Å². The van der Waals surface area contributed by atoms with Gasteiger partial charge < -0.3 is 10.6 Å². The van der Waals surface area contributed by atoms with Crippen LogP contribution in [0.3, 0.4) is 0 Å². The van der Waals surface area contributed by atoms with Gasteiger partial charge in [-0.2, -0.15) is 5.10 Å². The van der Waals surface area contributed by atoms with Crippen molar-refractivity contribution >= 4 is 17.5 Å². The molecule has 0 aromatic carbocycles. The fourth-order valence-corrected chi connectivity index (χ4v) is 4.64. The lowest BCUT2D eigenvalue weighted by Gasteiger charge is -2.27. The molecule has 2 aliphatic carbocycles. The molecular formula is C23H27N7O3. The van der Waals surface area contributed by atoms with Gasteiger partial charge in [0.2, 0.25) is 5.91 Å². The van der Waals surface area contributed by atoms with E-state index in [1.54, 1.807) is 13.1 Å². The van der Waals surface area contributed by atoms with Crippen molar-refractivity contribution in [3.05, 3.63) is 41.1 Å². The molecule has 3 heterocycles. The van der Waals surface area contributed by atoms with E-state index in [1.165, 1.54) is 0 Å². The Morgan fingerprint density at radius 2 is 1.79 bits per heavy atom. The van der Waals surface area contributed by atoms with Crippen LogP contribution in [0.5, 0.6) is 0 Å². The maximum atomic E-state index is 13.4. The predicted octanol–water partition coefficient (Wildman–Crippen LogP) is 2.95. The van der Waals surface area contributed by atoms with E-state index in [-0.39, 0.29) is 17.5 Å². The molecule has 0 spiro atoms. The van der Waals surface area contributed by atoms with E-state index < -0.39 is 11.9 Å². The number of carbonyl (C=O) groups is 2. The minimum absolute atomic E-state index is 0.106. The topological polar surface area (TPSA) is 139 Å². The van der Waals surface area contributed by atoms with Gasteiger partial charge in [-0.05, 0) is 81.5 Å². The van der Waals surface area contributed by atoms with Crippen LogP contribution in [0.4, 0.5) is 5.69 Å². The number of carbonyl (C=O) groups excluding carboxylic acids is 2. The molecule has 0 saturated heterocycles. The average Bonchev–Trinajstić information content (AvgIpc) is 3.72. The van der Waals surface area contributed by atoms with Crippen molar-refractivity contribution < 1.29 is 14.2 Å². The first-order valence-corrected chi connectivity index (χ1v) is 11.3. The second-order valence-corrected chi connectivity index (χ2v) is 9.13. The third-order valence-corrected chi connectivity index (χ3v) is 6.57. The summed E-state index contributed by atoms with van der Waals surface area (Å²) in [4.78, 5) is 30.8. The van der Waals surface area contributed by atoms with Crippen molar-refractivity contribution in [1.29, 1.82) is 0 Å². The van der Waals surface area contributed by atoms with Gasteiger partial charge in [0.15, 0.2) is 5.69 Å². The number of hydrogen-bond acceptors (Lipinski definition) is 7. The molecule has 2 saturated carbocycles. The number of nitrogens with one attached hydrogen (secondary N) is 3. The van der Waals surface area contributed by atoms with Gasteiger partial charge in [0.25, 0.3) is 5.91 Å². The Hall–Kier alpha value is -3.56. The summed E-state index contributed by atoms with van der Waals surface area (Å²) < 4.78 is 4.67. The molecule has 0 radical (unpaired) electrons. The third kappa shape index (κ3) is 4.37. The van der Waals surface area contributed by atoms with Crippen molar-refractivity contribution in [1.82, 2.24) is 30.8 Å². The monoisotopic (exact) mass is 449 g/mol. The minimum Gasteiger partial charge on any atom is -0.338 e. The van der Waals surface area contributed by atoms with Crippen LogP contribution in [0.25, 0.3) is 11.3 Å². The number of hydrogen-bond donors (Lipinski definition) is 3. The molecule has 0 bridgehead atoms. The number of anilines is 1. The van der Waals surface area contributed by atoms with Crippen molar-refractivity contribution in [3.63, 3.8) is 0 Å². The van der Waals surface area contributed by atoms with E-state index in [1.807, 2.05) is 26.0 Å². The maximum absolute atomic E-state index is 13.4. The van der Waals surface area contributed by atoms with Gasteiger partial charge in [-0.15, -0.1) is 0 Å². The number of amides is 2. The third-order valence-electron chi connectivity index (χ3n) is 6.57. The molecule has 3 aromatic heterocycles. The minimum atomic E-state index is -0.661. The smallest absolute Gasteiger partial charge is 0.276 e. The van der Waals surface area contributed by atoms with E-state index in [2.05, 4.69) is 40.8 Å². The van der Waals surface area contributed by atoms with Gasteiger partial charge in [0.05, 0.1) is 23.3 Å². The van der Waals surface area contributed by atoms with Gasteiger partial charge >= 0.3 is 0 Å². The lowest BCUT2D eigenvalue weighted by molar-refractivity contribution is -0.119. The average molecular weight is 450 g/mol. The first kappa shape index (κ1) is 21.3. The van der Waals surface area contributed by atoms with Crippen LogP contribution in [0.1, 0.15) is 53.3 Å². The number of H-pyrrole nitrogens is 1. The molecule has 5 rings (SSSR count). The highest BCUT2D eigenvalue weighted by molar-refractivity contribution is 6.01. The summed E-state index contributed by atoms with van der Waals surface area (Å²) >= 11 is 0. The lowest BCUT2D eigenvalue weighted by Crippen LogP contribution is -2.50. The lowest BCUT2D eigenvalue weighted by atomic mass is 9.88. The summed E-state index contributed by atoms with van der Waals surface area (Å²) in [5, 5.41) is 20.4. The molecule has 0 aliphatic heterocycles. The Morgan fingerprint density at radius 1 is 1.06 bits per heavy atom. The Labute approximate surface area is 190 Å². The summed E-state index contributed by atoms with van der Waals surface area (Å²) in [6.07, 6.45) is 5.99. The van der Waals surface area contributed by atoms with Crippen molar-refractivity contribution in [2.75, 3.05) is 5.32 Å². The molecule has 10 nitrogen and oxygen atoms in total. The zero-order valence-corrected chi connectivity index (χ0v) is 18.9. The Balaban J connectivity index is 1.35. The molecule has 3 aromatic rings. The summed E-state index contributed by atoms with van der Waals surface area (Å²) in [5.74, 6) is 0.332. The van der Waals surface area contributed by atoms with Gasteiger partial charge in [-0.25, -0.2) is 4.63 Å². The van der Waals surface area contributed by atoms with Gasteiger partial charge in [-0.1, -0.05) is 5.16 Å². The zero-order valence-electron chi connectivity index (χ0n) is 18.9. The van der Waals surface area contributed by atoms with Gasteiger partial charge in [0.1, 0.15) is 11.7 Å². The summed E-state index contributed by atoms with van der Waals surface area (Å²) in [7, 11) is 0. The second kappa shape index (κ2) is 8.42. The van der Waals surface area contributed by atoms with Crippen molar-refractivity contribution in [2.45, 2.75) is 52.5 Å². The van der Waals surface area contributed by atoms with Crippen LogP contribution >= 0.6 is 0 Å². The molecule has 33 heavy (non-hydrogen) atoms. The molecule has 2 aliphatic rings. The quantitative estimate of drug-likeness (QED) is 0.480. The van der Waals surface area contributed by atoms with E-state index in [9.17, 15) is 9.59 Å². The Morgan fingerprint density at radius 3 is 2.30 bits per heavy atom. The zero-order chi connectivity index (χ0) is 23.1. The predicted molar refractivity (Wildman–Crippen MR) is 119 cm³/mol. The van der Waals surface area contributed by atoms with Crippen LogP contribution in [-0.4, -0.2) is 43.4 Å². The number of nitrogens with zero attached hydrogens (tertiary/aromatic N) is 4. The van der Waals surface area contributed by atoms with Crippen LogP contribution in [0.2, 0.25) is 0 Å². The summed E-state index contributed by atoms with van der Waals surface area (Å²) in [5.41, 5.74) is 4.62. The van der Waals surface area contributed by atoms with E-state index in [4.69, 9.17) is 0 Å². The fourth-order valence-electron chi connectivity index (χ4n) is 4.64. The SMILES string of the molecule is Cc1nonc1C(=O)N[C@H](C(=O)Nc1ccc(-c2c(C)n[nH]c2C)nc1)C(C1CC1)C1CC1. The fraction of sp³-hybridized carbons (Fsp3) is 0.478. The van der Waals surface area contributed by atoms with E-state index in [0.717, 1.165) is 48.3 Å². The summed E-state index contributed by atoms with van der Waals surface area (Å²) in [6.45, 7) is 5.52. The van der Waals surface area contributed by atoms with Crippen molar-refractivity contribution in [2.24, 2.45) is 17.8 Å². The van der Waals surface area contributed by atoms with Crippen LogP contribution in [-0.2, 0) is 4.79 Å². The normalized spacial score (nSPS) is 16.6. The molecule has 2 amide bonds. The number of rotatable bonds is 8. The van der Waals surface area contributed by atoms with Crippen molar-refractivity contribution in [3.8, 4) is 11.3 Å². The van der Waals surface area contributed by atoms with Gasteiger partial charge in [0, 0.05) is 11.3 Å². The first-order chi connectivity index (χ1) is 15.9. The maximum Gasteiger partial charge on any atom is 0.276 e. The largest absolute Gasteiger partial charge is 0.338 e. The Bertz CT molecular complexity index is 1140. The van der Waals surface area contributed by atoms with E-state index in [0.29, 0.717) is 23.2 Å². The van der Waals surface area contributed by atoms with Crippen LogP contribution in [0, 0.1) is 38.5 Å². The molecule has 0 unspecified atom stereocenters. The first-order valence-electron chi connectivity index (χ1n) is 11.3. The number of aromatic amines is 1. The molecule has 3 N–H and O–H groups in total. The molecule has 1 atom stereocenters. The highest BCUT2D eigenvalue weighted by atomic mass is 16.6. The summed E-state index contributed by atoms with van der Waals surface area (Å²) in [6, 6.07) is 3.02. The molecule has 10 heteroatoms. The molecular weight excluding hydrogens is 422 g/mol. The molecule has 2 fully saturated rings. The Kier molecular flexibility index (Phi) is 5.43. The highest BCUT2D eigenvalue weighted by Gasteiger charge is 2.48. The van der Waals surface area contributed by atoms with Crippen LogP contribution < -0.4 is 10.6 Å². The highest BCUT2D eigenvalue weighted by Crippen LogP contribution is 2.50. The standard InChI is InChI=1S/C23H27N7O3/c1-11-18(12(2)28-27-11)17-9-8-16(10-24-17)25-23(32)21(19(14-4-5-14)15-6-7-15)26-22(31)20-13(3)29-33-30-20/h8-10,14-15,19,21H,4-7H2,1-3H3,(H,25,32)(H,26,31)(H,27,28)/t21-/m0/s1. The second-order valence-electron chi connectivity index (χ2n) is 9.13. The number of aryl methyl sites for hydroxylation is 3. The number of pyridine rings is 1. The molecule has 172 valence electrons. The number of aromatic nitrogens is 5. The van der Waals surface area contributed by atoms with Crippen LogP contribution in [0.15, 0.2) is 23.0 Å².